The van der Waals surface area contributed by atoms with Crippen LogP contribution in [-0.4, -0.2) is 22.6 Å². The van der Waals surface area contributed by atoms with Crippen LogP contribution in [0.5, 0.6) is 0 Å². The molecule has 0 radical (unpaired) electrons. The van der Waals surface area contributed by atoms with Crippen LogP contribution in [0.3, 0.4) is 0 Å². The first kappa shape index (κ1) is 11.3. The van der Waals surface area contributed by atoms with Gasteiger partial charge in [-0.2, -0.15) is 0 Å². The lowest BCUT2D eigenvalue weighted by molar-refractivity contribution is 0.427. The minimum Gasteiger partial charge on any atom is -0.315 e. The number of nitrogens with zero attached hydrogens (tertiary/aromatic N) is 2. The fourth-order valence-corrected chi connectivity index (χ4v) is 2.01. The number of benzene rings is 1. The first-order valence-corrected chi connectivity index (χ1v) is 5.55. The van der Waals surface area contributed by atoms with Gasteiger partial charge in [0.1, 0.15) is 0 Å². The number of rotatable bonds is 2. The minimum absolute atomic E-state index is 0.0201. The summed E-state index contributed by atoms with van der Waals surface area (Å²) in [5.41, 5.74) is 0.770. The van der Waals surface area contributed by atoms with Crippen LogP contribution in [0.1, 0.15) is 11.6 Å². The Labute approximate surface area is 101 Å². The SMILES string of the molecule is Fc1ccc(-n2cncc2C2CNC2)c(F)c1F. The van der Waals surface area contributed by atoms with E-state index in [0.29, 0.717) is 0 Å². The molecule has 1 aromatic carbocycles. The van der Waals surface area contributed by atoms with Gasteiger partial charge in [-0.05, 0) is 12.1 Å². The van der Waals surface area contributed by atoms with Crippen LogP contribution in [0.4, 0.5) is 13.2 Å². The first-order valence-electron chi connectivity index (χ1n) is 5.55. The first-order chi connectivity index (χ1) is 8.68. The third-order valence-electron chi connectivity index (χ3n) is 3.14. The van der Waals surface area contributed by atoms with Gasteiger partial charge in [-0.1, -0.05) is 0 Å². The number of hydrogen-bond acceptors (Lipinski definition) is 2. The Morgan fingerprint density at radius 2 is 1.94 bits per heavy atom. The van der Waals surface area contributed by atoms with Gasteiger partial charge in [-0.3, -0.25) is 4.57 Å². The molecule has 1 fully saturated rings. The number of hydrogen-bond donors (Lipinski definition) is 1. The maximum atomic E-state index is 13.7. The zero-order valence-electron chi connectivity index (χ0n) is 9.33. The van der Waals surface area contributed by atoms with E-state index in [-0.39, 0.29) is 11.6 Å². The summed E-state index contributed by atoms with van der Waals surface area (Å²) in [6.45, 7) is 1.55. The Balaban J connectivity index is 2.10. The molecule has 0 bridgehead atoms. The van der Waals surface area contributed by atoms with E-state index in [1.807, 2.05) is 0 Å². The van der Waals surface area contributed by atoms with E-state index in [0.717, 1.165) is 24.8 Å². The molecule has 2 heterocycles. The van der Waals surface area contributed by atoms with Crippen molar-refractivity contribution in [2.75, 3.05) is 13.1 Å². The molecule has 1 aliphatic heterocycles. The summed E-state index contributed by atoms with van der Waals surface area (Å²) >= 11 is 0. The quantitative estimate of drug-likeness (QED) is 0.829. The van der Waals surface area contributed by atoms with Crippen LogP contribution in [0.2, 0.25) is 0 Å². The second kappa shape index (κ2) is 4.13. The van der Waals surface area contributed by atoms with Crippen LogP contribution < -0.4 is 5.32 Å². The fraction of sp³-hybridized carbons (Fsp3) is 0.250. The van der Waals surface area contributed by atoms with Gasteiger partial charge in [0.15, 0.2) is 17.5 Å². The van der Waals surface area contributed by atoms with E-state index >= 15 is 0 Å². The molecule has 6 heteroatoms. The molecule has 1 saturated heterocycles. The molecule has 0 aliphatic carbocycles. The van der Waals surface area contributed by atoms with Gasteiger partial charge in [0.25, 0.3) is 0 Å². The van der Waals surface area contributed by atoms with E-state index in [2.05, 4.69) is 10.3 Å². The van der Waals surface area contributed by atoms with Crippen molar-refractivity contribution in [3.63, 3.8) is 0 Å². The van der Waals surface area contributed by atoms with Gasteiger partial charge < -0.3 is 5.32 Å². The number of imidazole rings is 1. The summed E-state index contributed by atoms with van der Waals surface area (Å²) in [7, 11) is 0. The van der Waals surface area contributed by atoms with Gasteiger partial charge >= 0.3 is 0 Å². The van der Waals surface area contributed by atoms with Crippen molar-refractivity contribution in [1.29, 1.82) is 0 Å². The predicted octanol–water partition coefficient (Wildman–Crippen LogP) is 1.98. The van der Waals surface area contributed by atoms with Gasteiger partial charge in [0.2, 0.25) is 0 Å². The molecule has 0 unspecified atom stereocenters. The molecule has 94 valence electrons. The Bertz CT molecular complexity index is 590. The highest BCUT2D eigenvalue weighted by atomic mass is 19.2. The molecular weight excluding hydrogens is 243 g/mol. The summed E-state index contributed by atoms with van der Waals surface area (Å²) in [5, 5.41) is 3.09. The molecule has 0 saturated carbocycles. The van der Waals surface area contributed by atoms with Crippen molar-refractivity contribution in [1.82, 2.24) is 14.9 Å². The Morgan fingerprint density at radius 1 is 1.17 bits per heavy atom. The molecule has 18 heavy (non-hydrogen) atoms. The molecule has 1 aromatic heterocycles. The van der Waals surface area contributed by atoms with Crippen molar-refractivity contribution in [3.8, 4) is 5.69 Å². The van der Waals surface area contributed by atoms with Crippen molar-refractivity contribution in [2.24, 2.45) is 0 Å². The average Bonchev–Trinajstić information content (AvgIpc) is 2.73. The summed E-state index contributed by atoms with van der Waals surface area (Å²) < 4.78 is 41.3. The highest BCUT2D eigenvalue weighted by Gasteiger charge is 2.24. The van der Waals surface area contributed by atoms with Crippen LogP contribution >= 0.6 is 0 Å². The van der Waals surface area contributed by atoms with E-state index < -0.39 is 17.5 Å². The van der Waals surface area contributed by atoms with Gasteiger partial charge in [0.05, 0.1) is 12.0 Å². The standard InChI is InChI=1S/C12H10F3N3/c13-8-1-2-9(12(15)11(8)14)18-6-17-5-10(18)7-3-16-4-7/h1-2,5-7,16H,3-4H2. The molecular formula is C12H10F3N3. The highest BCUT2D eigenvalue weighted by molar-refractivity contribution is 5.37. The van der Waals surface area contributed by atoms with Crippen LogP contribution in [0.15, 0.2) is 24.7 Å². The number of aromatic nitrogens is 2. The smallest absolute Gasteiger partial charge is 0.196 e. The van der Waals surface area contributed by atoms with Gasteiger partial charge in [0, 0.05) is 30.9 Å². The zero-order chi connectivity index (χ0) is 12.7. The second-order valence-corrected chi connectivity index (χ2v) is 4.24. The fourth-order valence-electron chi connectivity index (χ4n) is 2.01. The molecule has 0 atom stereocenters. The topological polar surface area (TPSA) is 29.9 Å². The minimum atomic E-state index is -1.46. The summed E-state index contributed by atoms with van der Waals surface area (Å²) in [6.07, 6.45) is 3.02. The summed E-state index contributed by atoms with van der Waals surface area (Å²) in [5.74, 6) is -3.62. The second-order valence-electron chi connectivity index (χ2n) is 4.24. The van der Waals surface area contributed by atoms with Crippen molar-refractivity contribution >= 4 is 0 Å². The van der Waals surface area contributed by atoms with E-state index in [1.54, 1.807) is 6.20 Å². The molecule has 1 aliphatic rings. The lowest BCUT2D eigenvalue weighted by Gasteiger charge is -2.27. The van der Waals surface area contributed by atoms with E-state index in [9.17, 15) is 13.2 Å². The molecule has 3 nitrogen and oxygen atoms in total. The van der Waals surface area contributed by atoms with Crippen LogP contribution in [0, 0.1) is 17.5 Å². The zero-order valence-corrected chi connectivity index (χ0v) is 9.33. The van der Waals surface area contributed by atoms with Gasteiger partial charge in [-0.15, -0.1) is 0 Å². The van der Waals surface area contributed by atoms with Crippen LogP contribution in [0.25, 0.3) is 5.69 Å². The summed E-state index contributed by atoms with van der Waals surface area (Å²) in [6, 6.07) is 2.13. The molecule has 2 aromatic rings. The number of nitrogens with one attached hydrogen (secondary N) is 1. The lowest BCUT2D eigenvalue weighted by Crippen LogP contribution is -2.40. The normalized spacial score (nSPS) is 15.7. The van der Waals surface area contributed by atoms with Crippen molar-refractivity contribution in [2.45, 2.75) is 5.92 Å². The Kier molecular flexibility index (Phi) is 2.59. The lowest BCUT2D eigenvalue weighted by atomic mass is 10.00. The molecule has 0 spiro atoms. The van der Waals surface area contributed by atoms with Crippen molar-refractivity contribution < 1.29 is 13.2 Å². The number of halogens is 3. The largest absolute Gasteiger partial charge is 0.315 e. The van der Waals surface area contributed by atoms with E-state index in [4.69, 9.17) is 0 Å². The Hall–Kier alpha value is -1.82. The predicted molar refractivity (Wildman–Crippen MR) is 59.0 cm³/mol. The monoisotopic (exact) mass is 253 g/mol. The molecule has 3 rings (SSSR count). The maximum Gasteiger partial charge on any atom is 0.196 e. The average molecular weight is 253 g/mol. The third kappa shape index (κ3) is 1.60. The highest BCUT2D eigenvalue weighted by Crippen LogP contribution is 2.25. The maximum absolute atomic E-state index is 13.7. The summed E-state index contributed by atoms with van der Waals surface area (Å²) in [4.78, 5) is 3.95. The van der Waals surface area contributed by atoms with Gasteiger partial charge in [-0.25, -0.2) is 18.2 Å². The third-order valence-corrected chi connectivity index (χ3v) is 3.14. The van der Waals surface area contributed by atoms with Crippen LogP contribution in [-0.2, 0) is 0 Å². The molecule has 0 amide bonds. The van der Waals surface area contributed by atoms with E-state index in [1.165, 1.54) is 17.0 Å². The van der Waals surface area contributed by atoms with Crippen molar-refractivity contribution in [3.05, 3.63) is 47.8 Å². The Morgan fingerprint density at radius 3 is 2.61 bits per heavy atom. The molecule has 1 N–H and O–H groups in total.